The topological polar surface area (TPSA) is 78.1 Å². The average Bonchev–Trinajstić information content (AvgIpc) is 3.30. The van der Waals surface area contributed by atoms with Crippen LogP contribution in [-0.4, -0.2) is 63.0 Å². The van der Waals surface area contributed by atoms with Crippen LogP contribution in [0.2, 0.25) is 0 Å². The molecule has 0 aromatic heterocycles. The zero-order chi connectivity index (χ0) is 17.2. The van der Waals surface area contributed by atoms with Crippen LogP contribution in [0.1, 0.15) is 32.1 Å². The van der Waals surface area contributed by atoms with Gasteiger partial charge in [0.2, 0.25) is 0 Å². The Morgan fingerprint density at radius 3 is 2.96 bits per heavy atom. The van der Waals surface area contributed by atoms with E-state index in [2.05, 4.69) is 10.9 Å². The number of halogens is 1. The maximum absolute atomic E-state index is 14.0. The predicted octanol–water partition coefficient (Wildman–Crippen LogP) is 0.681. The Kier molecular flexibility index (Phi) is 5.52. The summed E-state index contributed by atoms with van der Waals surface area (Å²) in [5, 5.41) is 0. The summed E-state index contributed by atoms with van der Waals surface area (Å²) in [5.41, 5.74) is 6.15. The van der Waals surface area contributed by atoms with Crippen molar-refractivity contribution < 1.29 is 28.1 Å². The van der Waals surface area contributed by atoms with Gasteiger partial charge in [-0.3, -0.25) is 10.2 Å². The fourth-order valence-corrected chi connectivity index (χ4v) is 4.52. The van der Waals surface area contributed by atoms with Crippen LogP contribution in [0.4, 0.5) is 4.39 Å². The third kappa shape index (κ3) is 3.98. The third-order valence-electron chi connectivity index (χ3n) is 5.79. The smallest absolute Gasteiger partial charge is 0.324 e. The molecule has 7 unspecified atom stereocenters. The van der Waals surface area contributed by atoms with Crippen LogP contribution < -0.4 is 10.9 Å². The summed E-state index contributed by atoms with van der Waals surface area (Å²) in [6.07, 6.45) is 2.77. The van der Waals surface area contributed by atoms with E-state index in [1.54, 1.807) is 0 Å². The summed E-state index contributed by atoms with van der Waals surface area (Å²) >= 11 is 0. The van der Waals surface area contributed by atoms with E-state index in [1.807, 2.05) is 0 Å². The van der Waals surface area contributed by atoms with Gasteiger partial charge in [0.25, 0.3) is 0 Å². The van der Waals surface area contributed by atoms with E-state index < -0.39 is 6.17 Å². The van der Waals surface area contributed by atoms with Crippen LogP contribution in [0.3, 0.4) is 0 Å². The van der Waals surface area contributed by atoms with Crippen molar-refractivity contribution in [3.8, 4) is 0 Å². The van der Waals surface area contributed by atoms with Crippen molar-refractivity contribution in [1.29, 1.82) is 0 Å². The van der Waals surface area contributed by atoms with Gasteiger partial charge in [-0.1, -0.05) is 0 Å². The molecule has 4 rings (SSSR count). The zero-order valence-electron chi connectivity index (χ0n) is 14.3. The van der Waals surface area contributed by atoms with Gasteiger partial charge in [0, 0.05) is 24.5 Å². The normalized spacial score (nSPS) is 44.4. The molecular formula is C17H27FN2O5. The van der Waals surface area contributed by atoms with Crippen LogP contribution in [0.5, 0.6) is 0 Å². The van der Waals surface area contributed by atoms with Gasteiger partial charge < -0.3 is 18.9 Å². The second kappa shape index (κ2) is 7.84. The molecular weight excluding hydrogens is 331 g/mol. The van der Waals surface area contributed by atoms with Crippen molar-refractivity contribution in [2.45, 2.75) is 62.6 Å². The first-order chi connectivity index (χ1) is 12.2. The van der Waals surface area contributed by atoms with E-state index in [1.165, 1.54) is 0 Å². The van der Waals surface area contributed by atoms with Crippen LogP contribution >= 0.6 is 0 Å². The molecule has 0 aromatic carbocycles. The summed E-state index contributed by atoms with van der Waals surface area (Å²) in [4.78, 5) is 12.4. The number of esters is 1. The minimum atomic E-state index is -0.884. The van der Waals surface area contributed by atoms with E-state index in [-0.39, 0.29) is 55.5 Å². The zero-order valence-corrected chi connectivity index (χ0v) is 14.3. The van der Waals surface area contributed by atoms with Crippen molar-refractivity contribution in [1.82, 2.24) is 10.9 Å². The van der Waals surface area contributed by atoms with Crippen LogP contribution in [0, 0.1) is 11.8 Å². The highest BCUT2D eigenvalue weighted by Gasteiger charge is 2.42. The second-order valence-electron chi connectivity index (χ2n) is 7.57. The molecule has 7 atom stereocenters. The maximum atomic E-state index is 14.0. The van der Waals surface area contributed by atoms with Crippen molar-refractivity contribution in [2.24, 2.45) is 11.8 Å². The minimum absolute atomic E-state index is 0.0522. The van der Waals surface area contributed by atoms with Crippen molar-refractivity contribution in [2.75, 3.05) is 26.6 Å². The Morgan fingerprint density at radius 2 is 2.12 bits per heavy atom. The number of fused-ring (bicyclic) bond motifs is 1. The van der Waals surface area contributed by atoms with Gasteiger partial charge in [-0.2, -0.15) is 0 Å². The van der Waals surface area contributed by atoms with Crippen LogP contribution in [0.15, 0.2) is 0 Å². The first-order valence-corrected chi connectivity index (χ1v) is 9.33. The molecule has 1 saturated carbocycles. The lowest BCUT2D eigenvalue weighted by atomic mass is 9.78. The largest absolute Gasteiger partial charge is 0.464 e. The molecule has 0 amide bonds. The molecule has 25 heavy (non-hydrogen) atoms. The molecule has 3 aliphatic heterocycles. The Morgan fingerprint density at radius 1 is 1.20 bits per heavy atom. The highest BCUT2D eigenvalue weighted by molar-refractivity contribution is 5.76. The van der Waals surface area contributed by atoms with E-state index in [9.17, 15) is 9.18 Å². The van der Waals surface area contributed by atoms with Crippen LogP contribution in [0.25, 0.3) is 0 Å². The number of hydrazine groups is 1. The highest BCUT2D eigenvalue weighted by Crippen LogP contribution is 2.36. The summed E-state index contributed by atoms with van der Waals surface area (Å²) in [6.45, 7) is 1.74. The molecule has 0 spiro atoms. The molecule has 4 fully saturated rings. The van der Waals surface area contributed by atoms with Gasteiger partial charge in [0.05, 0.1) is 25.4 Å². The Balaban J connectivity index is 1.26. The van der Waals surface area contributed by atoms with Crippen molar-refractivity contribution in [3.63, 3.8) is 0 Å². The van der Waals surface area contributed by atoms with Gasteiger partial charge in [0.1, 0.15) is 19.0 Å². The van der Waals surface area contributed by atoms with Gasteiger partial charge in [-0.15, -0.1) is 0 Å². The summed E-state index contributed by atoms with van der Waals surface area (Å²) in [5.74, 6) is -0.348. The van der Waals surface area contributed by atoms with Gasteiger partial charge in [-0.25, -0.2) is 9.82 Å². The number of rotatable bonds is 4. The molecule has 8 heteroatoms. The fourth-order valence-electron chi connectivity index (χ4n) is 4.52. The van der Waals surface area contributed by atoms with E-state index >= 15 is 0 Å². The molecule has 0 radical (unpaired) electrons. The summed E-state index contributed by atoms with van der Waals surface area (Å²) in [6, 6.07) is -0.251. The van der Waals surface area contributed by atoms with Gasteiger partial charge in [0.15, 0.2) is 0 Å². The molecule has 2 N–H and O–H groups in total. The number of ether oxygens (including phenoxy) is 4. The molecule has 1 aliphatic carbocycles. The Labute approximate surface area is 146 Å². The molecule has 0 aromatic rings. The van der Waals surface area contributed by atoms with Crippen molar-refractivity contribution in [3.05, 3.63) is 0 Å². The minimum Gasteiger partial charge on any atom is -0.464 e. The molecule has 4 aliphatic rings. The van der Waals surface area contributed by atoms with Gasteiger partial charge >= 0.3 is 5.97 Å². The first-order valence-electron chi connectivity index (χ1n) is 9.33. The lowest BCUT2D eigenvalue weighted by Crippen LogP contribution is -2.48. The number of hydrogen-bond acceptors (Lipinski definition) is 7. The number of alkyl halides is 1. The lowest BCUT2D eigenvalue weighted by molar-refractivity contribution is -0.210. The number of carbonyl (C=O) groups excluding carboxylic acids is 1. The molecule has 3 saturated heterocycles. The standard InChI is InChI=1S/C17H27FN2O5/c18-12-4-10-7-22-9-25-16(10)11(5-12)8-24-17(21)14-6-13(19-20-14)15-2-1-3-23-15/h10-16,19-20H,1-9H2. The number of hydrogen-bond donors (Lipinski definition) is 2. The fraction of sp³-hybridized carbons (Fsp3) is 0.941. The molecule has 142 valence electrons. The Hall–Kier alpha value is -0.800. The first kappa shape index (κ1) is 17.6. The van der Waals surface area contributed by atoms with E-state index in [0.717, 1.165) is 19.4 Å². The summed E-state index contributed by atoms with van der Waals surface area (Å²) in [7, 11) is 0. The third-order valence-corrected chi connectivity index (χ3v) is 5.79. The molecule has 7 nitrogen and oxygen atoms in total. The second-order valence-corrected chi connectivity index (χ2v) is 7.57. The molecule has 3 heterocycles. The lowest BCUT2D eigenvalue weighted by Gasteiger charge is -2.41. The van der Waals surface area contributed by atoms with E-state index in [4.69, 9.17) is 18.9 Å². The van der Waals surface area contributed by atoms with E-state index in [0.29, 0.717) is 25.9 Å². The maximum Gasteiger partial charge on any atom is 0.324 e. The molecule has 0 bridgehead atoms. The average molecular weight is 358 g/mol. The number of carbonyl (C=O) groups is 1. The Bertz CT molecular complexity index is 476. The van der Waals surface area contributed by atoms with Gasteiger partial charge in [-0.05, 0) is 32.1 Å². The highest BCUT2D eigenvalue weighted by atomic mass is 19.1. The predicted molar refractivity (Wildman–Crippen MR) is 85.2 cm³/mol. The monoisotopic (exact) mass is 358 g/mol. The quantitative estimate of drug-likeness (QED) is 0.716. The van der Waals surface area contributed by atoms with Crippen LogP contribution in [-0.2, 0) is 23.7 Å². The SMILES string of the molecule is O=C(OCC1CC(F)CC2COCOC21)C1CC(C2CCCO2)NN1. The van der Waals surface area contributed by atoms with Crippen molar-refractivity contribution >= 4 is 5.97 Å². The number of nitrogens with one attached hydrogen (secondary N) is 2. The summed E-state index contributed by atoms with van der Waals surface area (Å²) < 4.78 is 36.1.